The zero-order chi connectivity index (χ0) is 19.4. The van der Waals surface area contributed by atoms with Gasteiger partial charge < -0.3 is 10.1 Å². The van der Waals surface area contributed by atoms with Crippen molar-refractivity contribution in [1.29, 1.82) is 0 Å². The van der Waals surface area contributed by atoms with Crippen LogP contribution in [-0.4, -0.2) is 46.3 Å². The standard InChI is InChI=1S/C18H25N5O3S.ClH/c1-4-26-17(25)15-14(11(2)3)20-18(27-15)21-16(24)13-7-9-23(22-13)12-6-5-8-19-10-12;/h7,9,11-12,19H,4-6,8,10H2,1-3H3,(H,20,21,24);1H. The van der Waals surface area contributed by atoms with Crippen molar-refractivity contribution >= 4 is 40.8 Å². The van der Waals surface area contributed by atoms with Gasteiger partial charge in [-0.15, -0.1) is 12.4 Å². The van der Waals surface area contributed by atoms with Gasteiger partial charge in [-0.1, -0.05) is 25.2 Å². The lowest BCUT2D eigenvalue weighted by Gasteiger charge is -2.22. The molecule has 0 spiro atoms. The molecule has 2 aromatic heterocycles. The molecule has 154 valence electrons. The summed E-state index contributed by atoms with van der Waals surface area (Å²) in [5.41, 5.74) is 0.965. The van der Waals surface area contributed by atoms with Crippen molar-refractivity contribution in [3.8, 4) is 0 Å². The minimum Gasteiger partial charge on any atom is -0.462 e. The molecule has 28 heavy (non-hydrogen) atoms. The number of piperidine rings is 1. The lowest BCUT2D eigenvalue weighted by molar-refractivity contribution is 0.0530. The van der Waals surface area contributed by atoms with E-state index in [1.807, 2.05) is 24.7 Å². The Labute approximate surface area is 174 Å². The van der Waals surface area contributed by atoms with Crippen LogP contribution in [0.4, 0.5) is 5.13 Å². The first-order valence-corrected chi connectivity index (χ1v) is 10.1. The van der Waals surface area contributed by atoms with E-state index >= 15 is 0 Å². The van der Waals surface area contributed by atoms with E-state index < -0.39 is 5.97 Å². The number of ether oxygens (including phenoxy) is 1. The van der Waals surface area contributed by atoms with Gasteiger partial charge in [-0.25, -0.2) is 9.78 Å². The fourth-order valence-corrected chi connectivity index (χ4v) is 4.01. The van der Waals surface area contributed by atoms with E-state index in [1.54, 1.807) is 13.0 Å². The molecule has 2 N–H and O–H groups in total. The predicted octanol–water partition coefficient (Wildman–Crippen LogP) is 3.24. The molecule has 3 heterocycles. The average molecular weight is 428 g/mol. The highest BCUT2D eigenvalue weighted by atomic mass is 35.5. The van der Waals surface area contributed by atoms with Crippen molar-refractivity contribution in [3.63, 3.8) is 0 Å². The van der Waals surface area contributed by atoms with Crippen molar-refractivity contribution in [2.45, 2.75) is 45.6 Å². The summed E-state index contributed by atoms with van der Waals surface area (Å²) in [4.78, 5) is 29.5. The monoisotopic (exact) mass is 427 g/mol. The molecule has 1 aliphatic heterocycles. The topological polar surface area (TPSA) is 98.1 Å². The Hall–Kier alpha value is -1.97. The summed E-state index contributed by atoms with van der Waals surface area (Å²) < 4.78 is 6.93. The average Bonchev–Trinajstić information content (AvgIpc) is 3.30. The Kier molecular flexibility index (Phi) is 7.97. The van der Waals surface area contributed by atoms with Gasteiger partial charge in [0.2, 0.25) is 0 Å². The van der Waals surface area contributed by atoms with Gasteiger partial charge >= 0.3 is 5.97 Å². The third-order valence-electron chi connectivity index (χ3n) is 4.37. The van der Waals surface area contributed by atoms with Gasteiger partial charge in [-0.3, -0.25) is 14.8 Å². The van der Waals surface area contributed by atoms with E-state index in [2.05, 4.69) is 20.7 Å². The minimum absolute atomic E-state index is 0. The molecule has 0 aliphatic carbocycles. The summed E-state index contributed by atoms with van der Waals surface area (Å²) in [5.74, 6) is -0.699. The highest BCUT2D eigenvalue weighted by Gasteiger charge is 2.23. The number of carbonyl (C=O) groups excluding carboxylic acids is 2. The smallest absolute Gasteiger partial charge is 0.350 e. The molecule has 1 saturated heterocycles. The number of hydrogen-bond acceptors (Lipinski definition) is 7. The number of nitrogens with one attached hydrogen (secondary N) is 2. The molecule has 2 aromatic rings. The number of hydrogen-bond donors (Lipinski definition) is 2. The van der Waals surface area contributed by atoms with E-state index in [9.17, 15) is 9.59 Å². The summed E-state index contributed by atoms with van der Waals surface area (Å²) in [6, 6.07) is 1.97. The maximum atomic E-state index is 12.5. The quantitative estimate of drug-likeness (QED) is 0.686. The van der Waals surface area contributed by atoms with E-state index in [0.29, 0.717) is 28.0 Å². The fourth-order valence-electron chi connectivity index (χ4n) is 3.00. The second kappa shape index (κ2) is 9.99. The molecule has 0 bridgehead atoms. The Morgan fingerprint density at radius 1 is 1.46 bits per heavy atom. The minimum atomic E-state index is -0.409. The van der Waals surface area contributed by atoms with Gasteiger partial charge in [0.1, 0.15) is 4.88 Å². The van der Waals surface area contributed by atoms with Gasteiger partial charge in [0.15, 0.2) is 10.8 Å². The molecule has 1 atom stereocenters. The number of halogens is 1. The van der Waals surface area contributed by atoms with Crippen LogP contribution in [-0.2, 0) is 4.74 Å². The summed E-state index contributed by atoms with van der Waals surface area (Å²) in [5, 5.41) is 10.9. The zero-order valence-electron chi connectivity index (χ0n) is 16.2. The molecule has 0 radical (unpaired) electrons. The SMILES string of the molecule is CCOC(=O)c1sc(NC(=O)c2ccn(C3CCCNC3)n2)nc1C(C)C.Cl. The number of esters is 1. The van der Waals surface area contributed by atoms with Crippen LogP contribution in [0.5, 0.6) is 0 Å². The third kappa shape index (κ3) is 5.09. The van der Waals surface area contributed by atoms with Gasteiger partial charge in [0.05, 0.1) is 18.3 Å². The van der Waals surface area contributed by atoms with Gasteiger partial charge in [-0.05, 0) is 38.3 Å². The largest absolute Gasteiger partial charge is 0.462 e. The Balaban J connectivity index is 0.00000280. The molecule has 1 amide bonds. The number of nitrogens with zero attached hydrogens (tertiary/aromatic N) is 3. The normalized spacial score (nSPS) is 16.5. The third-order valence-corrected chi connectivity index (χ3v) is 5.33. The van der Waals surface area contributed by atoms with Crippen LogP contribution in [0.15, 0.2) is 12.3 Å². The number of aromatic nitrogens is 3. The van der Waals surface area contributed by atoms with Crippen molar-refractivity contribution in [3.05, 3.63) is 28.5 Å². The van der Waals surface area contributed by atoms with Crippen LogP contribution in [0.2, 0.25) is 0 Å². The Morgan fingerprint density at radius 2 is 2.25 bits per heavy atom. The lowest BCUT2D eigenvalue weighted by Crippen LogP contribution is -2.32. The van der Waals surface area contributed by atoms with Crippen LogP contribution in [0, 0.1) is 0 Å². The number of anilines is 1. The van der Waals surface area contributed by atoms with Crippen LogP contribution in [0.25, 0.3) is 0 Å². The van der Waals surface area contributed by atoms with Crippen LogP contribution < -0.4 is 10.6 Å². The second-order valence-corrected chi connectivity index (χ2v) is 7.74. The zero-order valence-corrected chi connectivity index (χ0v) is 17.9. The number of carbonyl (C=O) groups is 2. The molecule has 1 fully saturated rings. The number of thiazole rings is 1. The summed E-state index contributed by atoms with van der Waals surface area (Å²) in [6.07, 6.45) is 3.97. The first kappa shape index (κ1) is 22.3. The summed E-state index contributed by atoms with van der Waals surface area (Å²) in [6.45, 7) is 7.83. The van der Waals surface area contributed by atoms with E-state index in [-0.39, 0.29) is 30.3 Å². The molecular weight excluding hydrogens is 402 g/mol. The molecule has 0 saturated carbocycles. The molecule has 3 rings (SSSR count). The molecule has 10 heteroatoms. The van der Waals surface area contributed by atoms with Gasteiger partial charge in [0, 0.05) is 12.7 Å². The second-order valence-electron chi connectivity index (χ2n) is 6.74. The number of rotatable bonds is 6. The molecule has 1 aliphatic rings. The summed E-state index contributed by atoms with van der Waals surface area (Å²) in [7, 11) is 0. The fraction of sp³-hybridized carbons (Fsp3) is 0.556. The highest BCUT2D eigenvalue weighted by molar-refractivity contribution is 7.17. The number of amides is 1. The van der Waals surface area contributed by atoms with Gasteiger partial charge in [0.25, 0.3) is 5.91 Å². The van der Waals surface area contributed by atoms with E-state index in [0.717, 1.165) is 37.3 Å². The van der Waals surface area contributed by atoms with Crippen molar-refractivity contribution in [2.75, 3.05) is 25.0 Å². The Morgan fingerprint density at radius 3 is 2.89 bits per heavy atom. The van der Waals surface area contributed by atoms with Crippen molar-refractivity contribution in [1.82, 2.24) is 20.1 Å². The predicted molar refractivity (Wildman–Crippen MR) is 111 cm³/mol. The van der Waals surface area contributed by atoms with E-state index in [4.69, 9.17) is 4.74 Å². The first-order valence-electron chi connectivity index (χ1n) is 9.24. The first-order chi connectivity index (χ1) is 13.0. The molecule has 8 nitrogen and oxygen atoms in total. The highest BCUT2D eigenvalue weighted by Crippen LogP contribution is 2.29. The lowest BCUT2D eigenvalue weighted by atomic mass is 10.1. The summed E-state index contributed by atoms with van der Waals surface area (Å²) >= 11 is 1.13. The Bertz CT molecular complexity index is 814. The maximum Gasteiger partial charge on any atom is 0.350 e. The molecular formula is C18H26ClN5O3S. The van der Waals surface area contributed by atoms with Crippen LogP contribution >= 0.6 is 23.7 Å². The van der Waals surface area contributed by atoms with Crippen molar-refractivity contribution < 1.29 is 14.3 Å². The van der Waals surface area contributed by atoms with Crippen molar-refractivity contribution in [2.24, 2.45) is 0 Å². The van der Waals surface area contributed by atoms with Crippen LogP contribution in [0.3, 0.4) is 0 Å². The molecule has 0 aromatic carbocycles. The van der Waals surface area contributed by atoms with E-state index in [1.165, 1.54) is 0 Å². The van der Waals surface area contributed by atoms with Gasteiger partial charge in [-0.2, -0.15) is 5.10 Å². The maximum absolute atomic E-state index is 12.5. The molecule has 1 unspecified atom stereocenters. The van der Waals surface area contributed by atoms with Crippen LogP contribution in [0.1, 0.15) is 71.4 Å².